The topological polar surface area (TPSA) is 125 Å². The van der Waals surface area contributed by atoms with Crippen LogP contribution in [0.3, 0.4) is 0 Å². The van der Waals surface area contributed by atoms with Gasteiger partial charge in [0.2, 0.25) is 0 Å². The molecule has 0 saturated carbocycles. The van der Waals surface area contributed by atoms with E-state index in [-0.39, 0.29) is 0 Å². The van der Waals surface area contributed by atoms with Crippen LogP contribution in [0.25, 0.3) is 0 Å². The van der Waals surface area contributed by atoms with Gasteiger partial charge in [0.25, 0.3) is 17.2 Å². The van der Waals surface area contributed by atoms with E-state index >= 15 is 0 Å². The van der Waals surface area contributed by atoms with Crippen LogP contribution in [0.2, 0.25) is 0 Å². The highest BCUT2D eigenvalue weighted by Gasteiger charge is 2.19. The Hall–Kier alpha value is -3.29. The maximum atomic E-state index is 12.2. The number of aryl methyl sites for hydroxylation is 1. The summed E-state index contributed by atoms with van der Waals surface area (Å²) < 4.78 is 0.820. The first kappa shape index (κ1) is 16.1. The zero-order valence-electron chi connectivity index (χ0n) is 12.2. The van der Waals surface area contributed by atoms with Gasteiger partial charge in [-0.25, -0.2) is 0 Å². The molecule has 0 bridgehead atoms. The highest BCUT2D eigenvalue weighted by molar-refractivity contribution is 5.96. The Labute approximate surface area is 130 Å². The maximum Gasteiger partial charge on any atom is 0.286 e. The second-order valence-electron chi connectivity index (χ2n) is 4.96. The van der Waals surface area contributed by atoms with E-state index in [9.17, 15) is 24.5 Å². The van der Waals surface area contributed by atoms with Gasteiger partial charge in [0.15, 0.2) is 5.78 Å². The van der Waals surface area contributed by atoms with Crippen molar-refractivity contribution < 1.29 is 14.5 Å². The van der Waals surface area contributed by atoms with E-state index in [2.05, 4.69) is 0 Å². The third kappa shape index (κ3) is 3.49. The number of Topliss-reactive ketones (excluding diaryl/α,β-unsaturated/α-hetero) is 1. The SMILES string of the molecule is Cc1ccc(C(=O)Cn2cc([N+](=O)[O-])cc(C(N)=O)c2=O)cc1. The molecule has 0 saturated heterocycles. The molecule has 23 heavy (non-hydrogen) atoms. The zero-order chi connectivity index (χ0) is 17.1. The largest absolute Gasteiger partial charge is 0.365 e. The molecule has 1 heterocycles. The average Bonchev–Trinajstić information content (AvgIpc) is 2.49. The normalized spacial score (nSPS) is 10.3. The fourth-order valence-corrected chi connectivity index (χ4v) is 2.00. The van der Waals surface area contributed by atoms with E-state index in [1.54, 1.807) is 24.3 Å². The van der Waals surface area contributed by atoms with Crippen molar-refractivity contribution in [1.29, 1.82) is 0 Å². The summed E-state index contributed by atoms with van der Waals surface area (Å²) in [4.78, 5) is 45.7. The number of nitrogens with two attached hydrogens (primary N) is 1. The van der Waals surface area contributed by atoms with Crippen molar-refractivity contribution in [3.05, 3.63) is 73.7 Å². The lowest BCUT2D eigenvalue weighted by Crippen LogP contribution is -2.31. The molecule has 2 aromatic rings. The molecule has 0 unspecified atom stereocenters. The van der Waals surface area contributed by atoms with Gasteiger partial charge in [0.1, 0.15) is 5.56 Å². The molecular formula is C15H13N3O5. The quantitative estimate of drug-likeness (QED) is 0.501. The molecule has 1 aromatic heterocycles. The number of primary amides is 1. The average molecular weight is 315 g/mol. The smallest absolute Gasteiger partial charge is 0.286 e. The van der Waals surface area contributed by atoms with Gasteiger partial charge in [-0.3, -0.25) is 24.5 Å². The molecule has 1 aromatic carbocycles. The lowest BCUT2D eigenvalue weighted by atomic mass is 10.1. The first-order valence-electron chi connectivity index (χ1n) is 6.58. The molecule has 0 aliphatic heterocycles. The summed E-state index contributed by atoms with van der Waals surface area (Å²) in [6.45, 7) is 1.43. The fraction of sp³-hybridized carbons (Fsp3) is 0.133. The third-order valence-corrected chi connectivity index (χ3v) is 3.24. The van der Waals surface area contributed by atoms with Gasteiger partial charge in [0.05, 0.1) is 17.7 Å². The number of hydrogen-bond donors (Lipinski definition) is 1. The minimum absolute atomic E-state index is 0.356. The summed E-state index contributed by atoms with van der Waals surface area (Å²) in [6.07, 6.45) is 0.918. The number of aromatic nitrogens is 1. The van der Waals surface area contributed by atoms with Gasteiger partial charge >= 0.3 is 0 Å². The number of benzene rings is 1. The van der Waals surface area contributed by atoms with Gasteiger partial charge in [0, 0.05) is 11.6 Å². The molecular weight excluding hydrogens is 302 g/mol. The molecule has 1 amide bonds. The summed E-state index contributed by atoms with van der Waals surface area (Å²) in [5.74, 6) is -1.50. The van der Waals surface area contributed by atoms with Crippen molar-refractivity contribution >= 4 is 17.4 Å². The van der Waals surface area contributed by atoms with Crippen LogP contribution in [-0.4, -0.2) is 21.2 Å². The number of nitrogens with zero attached hydrogens (tertiary/aromatic N) is 2. The van der Waals surface area contributed by atoms with Crippen LogP contribution < -0.4 is 11.3 Å². The molecule has 0 aliphatic rings. The van der Waals surface area contributed by atoms with Gasteiger partial charge in [-0.15, -0.1) is 0 Å². The van der Waals surface area contributed by atoms with Crippen LogP contribution in [0, 0.1) is 17.0 Å². The number of amides is 1. The van der Waals surface area contributed by atoms with E-state index in [0.29, 0.717) is 5.56 Å². The van der Waals surface area contributed by atoms with Crippen molar-refractivity contribution in [1.82, 2.24) is 4.57 Å². The Morgan fingerprint density at radius 1 is 1.26 bits per heavy atom. The highest BCUT2D eigenvalue weighted by atomic mass is 16.6. The zero-order valence-corrected chi connectivity index (χ0v) is 12.2. The van der Waals surface area contributed by atoms with Gasteiger partial charge in [-0.05, 0) is 6.92 Å². The summed E-state index contributed by atoms with van der Waals surface area (Å²) >= 11 is 0. The van der Waals surface area contributed by atoms with Crippen molar-refractivity contribution in [3.8, 4) is 0 Å². The number of hydrogen-bond acceptors (Lipinski definition) is 5. The van der Waals surface area contributed by atoms with Crippen molar-refractivity contribution in [2.45, 2.75) is 13.5 Å². The Bertz CT molecular complexity index is 852. The molecule has 0 fully saturated rings. The van der Waals surface area contributed by atoms with Crippen molar-refractivity contribution in [3.63, 3.8) is 0 Å². The first-order chi connectivity index (χ1) is 10.8. The van der Waals surface area contributed by atoms with Gasteiger partial charge in [-0.2, -0.15) is 0 Å². The van der Waals surface area contributed by atoms with Crippen LogP contribution >= 0.6 is 0 Å². The molecule has 8 nitrogen and oxygen atoms in total. The van der Waals surface area contributed by atoms with E-state index < -0.39 is 40.0 Å². The van der Waals surface area contributed by atoms with E-state index in [4.69, 9.17) is 5.73 Å². The molecule has 0 spiro atoms. The molecule has 2 rings (SSSR count). The van der Waals surface area contributed by atoms with E-state index in [1.807, 2.05) is 6.92 Å². The molecule has 118 valence electrons. The number of pyridine rings is 1. The second kappa shape index (κ2) is 6.22. The predicted octanol–water partition coefficient (Wildman–Crippen LogP) is 1.05. The van der Waals surface area contributed by atoms with Gasteiger partial charge in [-0.1, -0.05) is 29.8 Å². The van der Waals surface area contributed by atoms with E-state index in [0.717, 1.165) is 22.4 Å². The molecule has 2 N–H and O–H groups in total. The van der Waals surface area contributed by atoms with Crippen LogP contribution in [-0.2, 0) is 6.54 Å². The first-order valence-corrected chi connectivity index (χ1v) is 6.58. The lowest BCUT2D eigenvalue weighted by molar-refractivity contribution is -0.385. The maximum absolute atomic E-state index is 12.2. The Morgan fingerprint density at radius 3 is 2.39 bits per heavy atom. The Morgan fingerprint density at radius 2 is 1.87 bits per heavy atom. The Kier molecular flexibility index (Phi) is 4.35. The fourth-order valence-electron chi connectivity index (χ4n) is 2.00. The highest BCUT2D eigenvalue weighted by Crippen LogP contribution is 2.11. The van der Waals surface area contributed by atoms with Crippen molar-refractivity contribution in [2.75, 3.05) is 0 Å². The third-order valence-electron chi connectivity index (χ3n) is 3.24. The minimum atomic E-state index is -1.09. The minimum Gasteiger partial charge on any atom is -0.365 e. The number of carbonyl (C=O) groups is 2. The van der Waals surface area contributed by atoms with Crippen LogP contribution in [0.1, 0.15) is 26.3 Å². The van der Waals surface area contributed by atoms with Crippen LogP contribution in [0.15, 0.2) is 41.3 Å². The standard InChI is InChI=1S/C15H13N3O5/c1-9-2-4-10(5-3-9)13(19)8-17-7-11(18(22)23)6-12(14(16)20)15(17)21/h2-7H,8H2,1H3,(H2,16,20). The summed E-state index contributed by atoms with van der Waals surface area (Å²) in [5.41, 5.74) is 4.50. The molecule has 0 aliphatic carbocycles. The Balaban J connectivity index is 2.44. The van der Waals surface area contributed by atoms with Crippen LogP contribution in [0.5, 0.6) is 0 Å². The molecule has 0 atom stereocenters. The number of ketones is 1. The second-order valence-corrected chi connectivity index (χ2v) is 4.96. The summed E-state index contributed by atoms with van der Waals surface area (Å²) in [5, 5.41) is 10.9. The number of nitro groups is 1. The summed E-state index contributed by atoms with van der Waals surface area (Å²) in [6, 6.07) is 7.46. The number of carbonyl (C=O) groups excluding carboxylic acids is 2. The lowest BCUT2D eigenvalue weighted by Gasteiger charge is -2.07. The molecule has 0 radical (unpaired) electrons. The summed E-state index contributed by atoms with van der Waals surface area (Å²) in [7, 11) is 0. The predicted molar refractivity (Wildman–Crippen MR) is 81.4 cm³/mol. The number of rotatable bonds is 5. The molecule has 8 heteroatoms. The van der Waals surface area contributed by atoms with E-state index in [1.165, 1.54) is 0 Å². The van der Waals surface area contributed by atoms with Crippen LogP contribution in [0.4, 0.5) is 5.69 Å². The monoisotopic (exact) mass is 315 g/mol. The van der Waals surface area contributed by atoms with Crippen molar-refractivity contribution in [2.24, 2.45) is 5.73 Å². The van der Waals surface area contributed by atoms with Gasteiger partial charge < -0.3 is 10.3 Å².